The highest BCUT2D eigenvalue weighted by atomic mass is 16.6. The van der Waals surface area contributed by atoms with Gasteiger partial charge in [0.15, 0.2) is 11.5 Å². The van der Waals surface area contributed by atoms with Crippen molar-refractivity contribution in [2.45, 2.75) is 45.1 Å². The molecule has 3 unspecified atom stereocenters. The molecule has 0 amide bonds. The second-order valence-electron chi connectivity index (χ2n) is 6.91. The van der Waals surface area contributed by atoms with E-state index in [9.17, 15) is 0 Å². The number of nitrogens with one attached hydrogen (secondary N) is 1. The summed E-state index contributed by atoms with van der Waals surface area (Å²) in [6.07, 6.45) is 6.59. The first-order valence-electron chi connectivity index (χ1n) is 8.47. The smallest absolute Gasteiger partial charge is 0.161 e. The Kier molecular flexibility index (Phi) is 3.54. The molecule has 0 saturated heterocycles. The fraction of sp³-hybridized carbons (Fsp3) is 0.667. The Labute approximate surface area is 127 Å². The first-order valence-corrected chi connectivity index (χ1v) is 8.47. The van der Waals surface area contributed by atoms with Gasteiger partial charge in [-0.3, -0.25) is 0 Å². The van der Waals surface area contributed by atoms with Crippen molar-refractivity contribution in [2.24, 2.45) is 11.8 Å². The van der Waals surface area contributed by atoms with Crippen LogP contribution in [0.5, 0.6) is 11.5 Å². The highest BCUT2D eigenvalue weighted by Gasteiger charge is 2.32. The summed E-state index contributed by atoms with van der Waals surface area (Å²) in [5, 5.41) is 3.78. The summed E-state index contributed by atoms with van der Waals surface area (Å²) in [4.78, 5) is 0. The molecule has 3 nitrogen and oxygen atoms in total. The number of hydrogen-bond acceptors (Lipinski definition) is 3. The number of rotatable bonds is 1. The van der Waals surface area contributed by atoms with E-state index in [1.807, 2.05) is 0 Å². The lowest BCUT2D eigenvalue weighted by Crippen LogP contribution is -2.36. The van der Waals surface area contributed by atoms with Gasteiger partial charge in [0, 0.05) is 6.04 Å². The quantitative estimate of drug-likeness (QED) is 0.858. The second kappa shape index (κ2) is 5.53. The molecular weight excluding hydrogens is 262 g/mol. The molecule has 0 radical (unpaired) electrons. The van der Waals surface area contributed by atoms with E-state index in [4.69, 9.17) is 9.47 Å². The van der Waals surface area contributed by atoms with Gasteiger partial charge >= 0.3 is 0 Å². The van der Waals surface area contributed by atoms with Crippen LogP contribution in [-0.4, -0.2) is 19.8 Å². The van der Waals surface area contributed by atoms with Crippen LogP contribution >= 0.6 is 0 Å². The van der Waals surface area contributed by atoms with Crippen LogP contribution in [0.15, 0.2) is 12.1 Å². The summed E-state index contributed by atoms with van der Waals surface area (Å²) < 4.78 is 11.5. The van der Waals surface area contributed by atoms with Crippen molar-refractivity contribution < 1.29 is 9.47 Å². The molecule has 1 N–H and O–H groups in total. The maximum absolute atomic E-state index is 5.79. The van der Waals surface area contributed by atoms with E-state index in [1.54, 1.807) is 0 Å². The van der Waals surface area contributed by atoms with Gasteiger partial charge in [-0.1, -0.05) is 19.8 Å². The van der Waals surface area contributed by atoms with Crippen molar-refractivity contribution >= 4 is 0 Å². The van der Waals surface area contributed by atoms with E-state index in [-0.39, 0.29) is 0 Å². The molecule has 1 aromatic carbocycles. The average molecular weight is 287 g/mol. The summed E-state index contributed by atoms with van der Waals surface area (Å²) >= 11 is 0. The van der Waals surface area contributed by atoms with Crippen LogP contribution in [0.3, 0.4) is 0 Å². The van der Waals surface area contributed by atoms with E-state index in [2.05, 4.69) is 24.4 Å². The fourth-order valence-corrected chi connectivity index (χ4v) is 4.33. The third-order valence-electron chi connectivity index (χ3n) is 5.35. The molecule has 2 aliphatic heterocycles. The Morgan fingerprint density at radius 1 is 1.10 bits per heavy atom. The number of fused-ring (bicyclic) bond motifs is 2. The van der Waals surface area contributed by atoms with Gasteiger partial charge < -0.3 is 14.8 Å². The lowest BCUT2D eigenvalue weighted by atomic mass is 9.74. The molecule has 1 aliphatic carbocycles. The minimum atomic E-state index is 0.507. The molecule has 3 aliphatic rings. The van der Waals surface area contributed by atoms with Gasteiger partial charge in [0.2, 0.25) is 0 Å². The molecule has 1 aromatic rings. The Morgan fingerprint density at radius 2 is 1.90 bits per heavy atom. The SMILES string of the molecule is CC1CCCC(C2NCCc3cc4c(cc32)OCCO4)C1. The molecule has 114 valence electrons. The highest BCUT2D eigenvalue weighted by Crippen LogP contribution is 2.43. The predicted octanol–water partition coefficient (Wildman–Crippen LogP) is 3.47. The van der Waals surface area contributed by atoms with Crippen LogP contribution in [0.2, 0.25) is 0 Å². The molecule has 3 atom stereocenters. The molecule has 0 spiro atoms. The molecule has 0 bridgehead atoms. The number of benzene rings is 1. The first kappa shape index (κ1) is 13.4. The number of ether oxygens (including phenoxy) is 2. The van der Waals surface area contributed by atoms with Crippen LogP contribution in [0.1, 0.15) is 49.8 Å². The Balaban J connectivity index is 1.67. The lowest BCUT2D eigenvalue weighted by molar-refractivity contribution is 0.169. The van der Waals surface area contributed by atoms with Crippen molar-refractivity contribution in [3.63, 3.8) is 0 Å². The third kappa shape index (κ3) is 2.52. The van der Waals surface area contributed by atoms with Gasteiger partial charge in [-0.2, -0.15) is 0 Å². The van der Waals surface area contributed by atoms with Crippen molar-refractivity contribution in [1.29, 1.82) is 0 Å². The van der Waals surface area contributed by atoms with Gasteiger partial charge in [0.25, 0.3) is 0 Å². The Bertz CT molecular complexity index is 528. The lowest BCUT2D eigenvalue weighted by Gasteiger charge is -2.38. The summed E-state index contributed by atoms with van der Waals surface area (Å²) in [6.45, 7) is 4.83. The van der Waals surface area contributed by atoms with E-state index in [1.165, 1.54) is 36.8 Å². The first-order chi connectivity index (χ1) is 10.3. The van der Waals surface area contributed by atoms with E-state index in [0.29, 0.717) is 19.3 Å². The predicted molar refractivity (Wildman–Crippen MR) is 83.0 cm³/mol. The van der Waals surface area contributed by atoms with Crippen molar-refractivity contribution in [1.82, 2.24) is 5.32 Å². The number of hydrogen-bond donors (Lipinski definition) is 1. The Morgan fingerprint density at radius 3 is 2.71 bits per heavy atom. The topological polar surface area (TPSA) is 30.5 Å². The molecular formula is C18H25NO2. The zero-order valence-electron chi connectivity index (χ0n) is 12.9. The summed E-state index contributed by atoms with van der Waals surface area (Å²) in [7, 11) is 0. The second-order valence-corrected chi connectivity index (χ2v) is 6.91. The molecule has 1 saturated carbocycles. The van der Waals surface area contributed by atoms with Gasteiger partial charge in [-0.05, 0) is 60.9 Å². The van der Waals surface area contributed by atoms with Gasteiger partial charge in [0.05, 0.1) is 0 Å². The van der Waals surface area contributed by atoms with Crippen LogP contribution in [0.4, 0.5) is 0 Å². The highest BCUT2D eigenvalue weighted by molar-refractivity contribution is 5.50. The van der Waals surface area contributed by atoms with Gasteiger partial charge in [0.1, 0.15) is 13.2 Å². The maximum atomic E-state index is 5.79. The molecule has 21 heavy (non-hydrogen) atoms. The largest absolute Gasteiger partial charge is 0.486 e. The summed E-state index contributed by atoms with van der Waals surface area (Å²) in [5.41, 5.74) is 2.92. The minimum Gasteiger partial charge on any atom is -0.486 e. The Hall–Kier alpha value is -1.22. The molecule has 0 aromatic heterocycles. The standard InChI is InChI=1S/C18H25NO2/c1-12-3-2-4-14(9-12)18-15-11-17-16(20-7-8-21-17)10-13(15)5-6-19-18/h10-12,14,18-19H,2-9H2,1H3. The zero-order chi connectivity index (χ0) is 14.2. The molecule has 1 fully saturated rings. The van der Waals surface area contributed by atoms with Crippen molar-refractivity contribution in [2.75, 3.05) is 19.8 Å². The maximum Gasteiger partial charge on any atom is 0.161 e. The van der Waals surface area contributed by atoms with Crippen LogP contribution in [0, 0.1) is 11.8 Å². The van der Waals surface area contributed by atoms with Crippen LogP contribution < -0.4 is 14.8 Å². The van der Waals surface area contributed by atoms with E-state index in [0.717, 1.165) is 36.3 Å². The van der Waals surface area contributed by atoms with Crippen molar-refractivity contribution in [3.8, 4) is 11.5 Å². The third-order valence-corrected chi connectivity index (χ3v) is 5.35. The molecule has 2 heterocycles. The average Bonchev–Trinajstić information content (AvgIpc) is 2.52. The summed E-state index contributed by atoms with van der Waals surface area (Å²) in [6, 6.07) is 4.98. The minimum absolute atomic E-state index is 0.507. The van der Waals surface area contributed by atoms with Crippen LogP contribution in [0.25, 0.3) is 0 Å². The van der Waals surface area contributed by atoms with E-state index < -0.39 is 0 Å². The van der Waals surface area contributed by atoms with E-state index >= 15 is 0 Å². The molecule has 4 rings (SSSR count). The normalized spacial score (nSPS) is 31.6. The fourth-order valence-electron chi connectivity index (χ4n) is 4.33. The monoisotopic (exact) mass is 287 g/mol. The van der Waals surface area contributed by atoms with Gasteiger partial charge in [-0.15, -0.1) is 0 Å². The zero-order valence-corrected chi connectivity index (χ0v) is 12.9. The van der Waals surface area contributed by atoms with Crippen LogP contribution in [-0.2, 0) is 6.42 Å². The summed E-state index contributed by atoms with van der Waals surface area (Å²) in [5.74, 6) is 3.53. The van der Waals surface area contributed by atoms with Crippen molar-refractivity contribution in [3.05, 3.63) is 23.3 Å². The van der Waals surface area contributed by atoms with Gasteiger partial charge in [-0.25, -0.2) is 0 Å². The molecule has 3 heteroatoms.